The minimum absolute atomic E-state index is 0.421. The number of piperidine rings is 1. The van der Waals surface area contributed by atoms with Crippen molar-refractivity contribution in [2.45, 2.75) is 26.2 Å². The molecule has 1 saturated heterocycles. The van der Waals surface area contributed by atoms with E-state index in [9.17, 15) is 8.42 Å². The zero-order valence-electron chi connectivity index (χ0n) is 14.3. The molecule has 1 aliphatic heterocycles. The van der Waals surface area contributed by atoms with Gasteiger partial charge in [0.1, 0.15) is 5.82 Å². The van der Waals surface area contributed by atoms with Crippen LogP contribution < -0.4 is 0 Å². The lowest BCUT2D eigenvalue weighted by atomic mass is 9.94. The van der Waals surface area contributed by atoms with E-state index in [2.05, 4.69) is 9.97 Å². The van der Waals surface area contributed by atoms with Gasteiger partial charge in [0.15, 0.2) is 0 Å². The number of nitrogens with zero attached hydrogens (tertiary/aromatic N) is 5. The van der Waals surface area contributed by atoms with Gasteiger partial charge in [0, 0.05) is 32.3 Å². The predicted octanol–water partition coefficient (Wildman–Crippen LogP) is 1.40. The molecule has 8 heteroatoms. The zero-order valence-corrected chi connectivity index (χ0v) is 15.1. The summed E-state index contributed by atoms with van der Waals surface area (Å²) in [5.41, 5.74) is 2.78. The van der Waals surface area contributed by atoms with Gasteiger partial charge in [-0.1, -0.05) is 0 Å². The third-order valence-corrected chi connectivity index (χ3v) is 5.80. The molecule has 7 nitrogen and oxygen atoms in total. The molecule has 3 rings (SSSR count). The first-order valence-electron chi connectivity index (χ1n) is 8.09. The van der Waals surface area contributed by atoms with Gasteiger partial charge >= 0.3 is 0 Å². The van der Waals surface area contributed by atoms with Crippen molar-refractivity contribution in [1.82, 2.24) is 23.8 Å². The van der Waals surface area contributed by atoms with E-state index in [1.54, 1.807) is 16.8 Å². The number of rotatable bonds is 4. The molecule has 0 aliphatic carbocycles. The Kier molecular flexibility index (Phi) is 4.69. The molecule has 0 amide bonds. The molecule has 130 valence electrons. The summed E-state index contributed by atoms with van der Waals surface area (Å²) in [4.78, 5) is 13.4. The maximum atomic E-state index is 11.6. The van der Waals surface area contributed by atoms with Gasteiger partial charge < -0.3 is 4.57 Å². The lowest BCUT2D eigenvalue weighted by molar-refractivity contribution is 0.271. The van der Waals surface area contributed by atoms with Gasteiger partial charge in [0.2, 0.25) is 10.0 Å². The highest BCUT2D eigenvalue weighted by atomic mass is 32.2. The quantitative estimate of drug-likeness (QED) is 0.833. The third kappa shape index (κ3) is 3.81. The number of hydrogen-bond acceptors (Lipinski definition) is 5. The molecule has 0 N–H and O–H groups in total. The maximum Gasteiger partial charge on any atom is 0.211 e. The Hall–Kier alpha value is -1.80. The number of hydrogen-bond donors (Lipinski definition) is 0. The lowest BCUT2D eigenvalue weighted by Crippen LogP contribution is -2.38. The molecule has 0 unspecified atom stereocenters. The largest absolute Gasteiger partial charge is 0.332 e. The second-order valence-electron chi connectivity index (χ2n) is 6.51. The van der Waals surface area contributed by atoms with Crippen LogP contribution in [-0.2, 0) is 23.5 Å². The van der Waals surface area contributed by atoms with Crippen LogP contribution in [0, 0.1) is 12.8 Å². The molecule has 0 bridgehead atoms. The lowest BCUT2D eigenvalue weighted by Gasteiger charge is -2.29. The molecule has 2 aromatic rings. The Balaban J connectivity index is 1.73. The van der Waals surface area contributed by atoms with Crippen molar-refractivity contribution in [3.05, 3.63) is 30.1 Å². The van der Waals surface area contributed by atoms with Gasteiger partial charge in [-0.15, -0.1) is 0 Å². The van der Waals surface area contributed by atoms with Crippen molar-refractivity contribution in [3.63, 3.8) is 0 Å². The summed E-state index contributed by atoms with van der Waals surface area (Å²) in [7, 11) is -1.13. The van der Waals surface area contributed by atoms with Gasteiger partial charge in [0.25, 0.3) is 0 Å². The van der Waals surface area contributed by atoms with Crippen LogP contribution in [0.15, 0.2) is 18.6 Å². The van der Waals surface area contributed by atoms with Crippen molar-refractivity contribution in [2.75, 3.05) is 19.3 Å². The molecule has 1 aliphatic rings. The number of imidazole rings is 1. The summed E-state index contributed by atoms with van der Waals surface area (Å²) in [5.74, 6) is 1.24. The molecule has 0 aromatic carbocycles. The van der Waals surface area contributed by atoms with Crippen LogP contribution >= 0.6 is 0 Å². The number of aryl methyl sites for hydroxylation is 2. The summed E-state index contributed by atoms with van der Waals surface area (Å²) < 4.78 is 26.7. The Bertz CT molecular complexity index is 823. The Morgan fingerprint density at radius 2 is 1.96 bits per heavy atom. The van der Waals surface area contributed by atoms with E-state index in [-0.39, 0.29) is 0 Å². The van der Waals surface area contributed by atoms with Crippen LogP contribution in [0.1, 0.15) is 24.4 Å². The first-order chi connectivity index (χ1) is 11.3. The van der Waals surface area contributed by atoms with Crippen LogP contribution in [0.2, 0.25) is 0 Å². The highest BCUT2D eigenvalue weighted by molar-refractivity contribution is 7.88. The molecule has 0 radical (unpaired) electrons. The normalized spacial score (nSPS) is 17.3. The van der Waals surface area contributed by atoms with Gasteiger partial charge in [-0.2, -0.15) is 0 Å². The van der Waals surface area contributed by atoms with Crippen molar-refractivity contribution in [3.8, 4) is 11.4 Å². The second kappa shape index (κ2) is 6.60. The average Bonchev–Trinajstić information content (AvgIpc) is 2.92. The SMILES string of the molecule is Cc1cc(-c2cncn2C)nc(CC2CCN(S(C)(=O)=O)CC2)n1. The van der Waals surface area contributed by atoms with Crippen LogP contribution in [0.5, 0.6) is 0 Å². The average molecular weight is 349 g/mol. The van der Waals surface area contributed by atoms with E-state index < -0.39 is 10.0 Å². The molecule has 3 heterocycles. The van der Waals surface area contributed by atoms with Crippen LogP contribution in [0.25, 0.3) is 11.4 Å². The van der Waals surface area contributed by atoms with Crippen LogP contribution in [0.3, 0.4) is 0 Å². The Labute approximate surface area is 142 Å². The fraction of sp³-hybridized carbons (Fsp3) is 0.562. The number of aromatic nitrogens is 4. The molecule has 2 aromatic heterocycles. The van der Waals surface area contributed by atoms with E-state index in [1.165, 1.54) is 6.26 Å². The van der Waals surface area contributed by atoms with Crippen LogP contribution in [0.4, 0.5) is 0 Å². The zero-order chi connectivity index (χ0) is 17.3. The van der Waals surface area contributed by atoms with E-state index in [1.807, 2.05) is 24.6 Å². The van der Waals surface area contributed by atoms with E-state index in [4.69, 9.17) is 4.98 Å². The molecule has 0 atom stereocenters. The minimum atomic E-state index is -3.08. The molecule has 0 spiro atoms. The fourth-order valence-corrected chi connectivity index (χ4v) is 4.03. The fourth-order valence-electron chi connectivity index (χ4n) is 3.16. The van der Waals surface area contributed by atoms with Gasteiger partial charge in [-0.25, -0.2) is 27.7 Å². The van der Waals surface area contributed by atoms with Crippen LogP contribution in [-0.4, -0.2) is 51.6 Å². The van der Waals surface area contributed by atoms with Gasteiger partial charge in [0.05, 0.1) is 30.2 Å². The van der Waals surface area contributed by atoms with Gasteiger partial charge in [-0.3, -0.25) is 0 Å². The number of sulfonamides is 1. The third-order valence-electron chi connectivity index (χ3n) is 4.49. The monoisotopic (exact) mass is 349 g/mol. The highest BCUT2D eigenvalue weighted by Gasteiger charge is 2.25. The van der Waals surface area contributed by atoms with Gasteiger partial charge in [-0.05, 0) is 31.7 Å². The minimum Gasteiger partial charge on any atom is -0.332 e. The van der Waals surface area contributed by atoms with Crippen molar-refractivity contribution in [1.29, 1.82) is 0 Å². The van der Waals surface area contributed by atoms with E-state index >= 15 is 0 Å². The molecule has 24 heavy (non-hydrogen) atoms. The smallest absolute Gasteiger partial charge is 0.211 e. The molecular weight excluding hydrogens is 326 g/mol. The summed E-state index contributed by atoms with van der Waals surface area (Å²) in [5, 5.41) is 0. The summed E-state index contributed by atoms with van der Waals surface area (Å²) >= 11 is 0. The van der Waals surface area contributed by atoms with Crippen molar-refractivity contribution in [2.24, 2.45) is 13.0 Å². The summed E-state index contributed by atoms with van der Waals surface area (Å²) in [6.07, 6.45) is 7.32. The molecule has 1 fully saturated rings. The summed E-state index contributed by atoms with van der Waals surface area (Å²) in [6.45, 7) is 3.14. The van der Waals surface area contributed by atoms with E-state index in [0.29, 0.717) is 19.0 Å². The maximum absolute atomic E-state index is 11.6. The standard InChI is InChI=1S/C16H23N5O2S/c1-12-8-14(15-10-17-11-20(15)2)19-16(18-12)9-13-4-6-21(7-5-13)24(3,22)23/h8,10-11,13H,4-7,9H2,1-3H3. The second-order valence-corrected chi connectivity index (χ2v) is 8.49. The van der Waals surface area contributed by atoms with Crippen molar-refractivity contribution >= 4 is 10.0 Å². The Morgan fingerprint density at radius 1 is 1.25 bits per heavy atom. The molecule has 0 saturated carbocycles. The predicted molar refractivity (Wildman–Crippen MR) is 91.8 cm³/mol. The highest BCUT2D eigenvalue weighted by Crippen LogP contribution is 2.23. The molecular formula is C16H23N5O2S. The summed E-state index contributed by atoms with van der Waals surface area (Å²) in [6, 6.07) is 1.97. The van der Waals surface area contributed by atoms with Crippen molar-refractivity contribution < 1.29 is 8.42 Å². The van der Waals surface area contributed by atoms with E-state index in [0.717, 1.165) is 42.2 Å². The topological polar surface area (TPSA) is 81.0 Å². The first-order valence-corrected chi connectivity index (χ1v) is 9.94. The first kappa shape index (κ1) is 17.0. The Morgan fingerprint density at radius 3 is 2.54 bits per heavy atom.